The number of hydrogen-bond acceptors (Lipinski definition) is 3. The average Bonchev–Trinajstić information content (AvgIpc) is 3.27. The smallest absolute Gasteiger partial charge is 0.264 e. The Morgan fingerprint density at radius 1 is 1.10 bits per heavy atom. The molecule has 5 heteroatoms. The number of hydrogen-bond donors (Lipinski definition) is 1. The summed E-state index contributed by atoms with van der Waals surface area (Å²) < 4.78 is 2.17. The molecule has 1 atom stereocenters. The molecule has 3 heterocycles. The Bertz CT molecular complexity index is 1200. The van der Waals surface area contributed by atoms with Gasteiger partial charge in [-0.05, 0) is 68.5 Å². The van der Waals surface area contributed by atoms with Crippen LogP contribution in [0.4, 0.5) is 0 Å². The fourth-order valence-corrected chi connectivity index (χ4v) is 5.48. The van der Waals surface area contributed by atoms with Gasteiger partial charge in [0.15, 0.2) is 0 Å². The summed E-state index contributed by atoms with van der Waals surface area (Å²) in [7, 11) is 0. The zero-order valence-corrected chi connectivity index (χ0v) is 17.4. The van der Waals surface area contributed by atoms with Crippen LogP contribution >= 0.6 is 11.3 Å². The van der Waals surface area contributed by atoms with Crippen LogP contribution in [-0.2, 0) is 6.42 Å². The molecule has 5 rings (SSSR count). The highest BCUT2D eigenvalue weighted by atomic mass is 32.1. The summed E-state index contributed by atoms with van der Waals surface area (Å²) in [6, 6.07) is 16.7. The Balaban J connectivity index is 1.59. The molecular formula is C24H23N3OS. The van der Waals surface area contributed by atoms with E-state index < -0.39 is 0 Å². The molecule has 1 amide bonds. The summed E-state index contributed by atoms with van der Waals surface area (Å²) in [5, 5.41) is 4.35. The molecular weight excluding hydrogens is 378 g/mol. The predicted molar refractivity (Wildman–Crippen MR) is 118 cm³/mol. The number of aryl methyl sites for hydroxylation is 3. The highest BCUT2D eigenvalue weighted by Gasteiger charge is 2.26. The number of rotatable bonds is 3. The highest BCUT2D eigenvalue weighted by molar-refractivity contribution is 7.21. The van der Waals surface area contributed by atoms with Crippen LogP contribution < -0.4 is 5.32 Å². The normalized spacial score (nSPS) is 16.0. The van der Waals surface area contributed by atoms with E-state index in [0.29, 0.717) is 0 Å². The van der Waals surface area contributed by atoms with Gasteiger partial charge in [0.05, 0.1) is 11.7 Å². The number of carbonyl (C=O) groups is 1. The Hall–Kier alpha value is -2.92. The summed E-state index contributed by atoms with van der Waals surface area (Å²) in [6.07, 6.45) is 4.95. The molecule has 0 fully saturated rings. The lowest BCUT2D eigenvalue weighted by Crippen LogP contribution is -2.31. The molecule has 0 unspecified atom stereocenters. The number of thiophene rings is 1. The lowest BCUT2D eigenvalue weighted by molar-refractivity contribution is 0.0937. The van der Waals surface area contributed by atoms with Gasteiger partial charge in [0.25, 0.3) is 5.91 Å². The summed E-state index contributed by atoms with van der Waals surface area (Å²) in [4.78, 5) is 19.6. The molecule has 1 aliphatic carbocycles. The lowest BCUT2D eigenvalue weighted by Gasteiger charge is -2.26. The van der Waals surface area contributed by atoms with Gasteiger partial charge in [-0.2, -0.15) is 0 Å². The van der Waals surface area contributed by atoms with Crippen molar-refractivity contribution in [2.45, 2.75) is 39.2 Å². The Kier molecular flexibility index (Phi) is 4.47. The molecule has 0 saturated carbocycles. The second kappa shape index (κ2) is 7.16. The minimum Gasteiger partial charge on any atom is -0.344 e. The van der Waals surface area contributed by atoms with Gasteiger partial charge in [-0.1, -0.05) is 24.3 Å². The fourth-order valence-electron chi connectivity index (χ4n) is 4.44. The van der Waals surface area contributed by atoms with E-state index in [1.807, 2.05) is 6.07 Å². The Morgan fingerprint density at radius 2 is 1.90 bits per heavy atom. The number of carbonyl (C=O) groups excluding carboxylic acids is 1. The lowest BCUT2D eigenvalue weighted by atomic mass is 9.88. The molecule has 0 radical (unpaired) electrons. The zero-order chi connectivity index (χ0) is 20.0. The van der Waals surface area contributed by atoms with Gasteiger partial charge in [0, 0.05) is 23.0 Å². The maximum absolute atomic E-state index is 13.5. The van der Waals surface area contributed by atoms with E-state index in [9.17, 15) is 4.79 Å². The second-order valence-electron chi connectivity index (χ2n) is 7.70. The van der Waals surface area contributed by atoms with E-state index in [1.165, 1.54) is 22.5 Å². The maximum Gasteiger partial charge on any atom is 0.264 e. The third kappa shape index (κ3) is 3.06. The molecule has 1 aromatic carbocycles. The van der Waals surface area contributed by atoms with Crippen molar-refractivity contribution in [2.24, 2.45) is 0 Å². The van der Waals surface area contributed by atoms with Crippen molar-refractivity contribution < 1.29 is 4.79 Å². The quantitative estimate of drug-likeness (QED) is 0.492. The Morgan fingerprint density at radius 3 is 2.72 bits per heavy atom. The third-order valence-corrected chi connectivity index (χ3v) is 6.92. The average molecular weight is 402 g/mol. The summed E-state index contributed by atoms with van der Waals surface area (Å²) >= 11 is 1.47. The van der Waals surface area contributed by atoms with Gasteiger partial charge in [-0.3, -0.25) is 4.79 Å². The molecule has 0 saturated heterocycles. The highest BCUT2D eigenvalue weighted by Crippen LogP contribution is 2.36. The van der Waals surface area contributed by atoms with Gasteiger partial charge in [-0.25, -0.2) is 4.98 Å². The van der Waals surface area contributed by atoms with E-state index in [2.05, 4.69) is 71.2 Å². The first-order chi connectivity index (χ1) is 14.1. The van der Waals surface area contributed by atoms with Crippen molar-refractivity contribution in [1.82, 2.24) is 14.9 Å². The van der Waals surface area contributed by atoms with Crippen LogP contribution in [0.1, 0.15) is 51.1 Å². The summed E-state index contributed by atoms with van der Waals surface area (Å²) in [6.45, 7) is 4.15. The van der Waals surface area contributed by atoms with Crippen LogP contribution in [0.2, 0.25) is 0 Å². The van der Waals surface area contributed by atoms with Crippen molar-refractivity contribution in [3.8, 4) is 5.69 Å². The largest absolute Gasteiger partial charge is 0.344 e. The van der Waals surface area contributed by atoms with Crippen LogP contribution in [-0.4, -0.2) is 15.5 Å². The molecule has 29 heavy (non-hydrogen) atoms. The van der Waals surface area contributed by atoms with E-state index in [1.54, 1.807) is 6.20 Å². The van der Waals surface area contributed by atoms with E-state index in [4.69, 9.17) is 0 Å². The number of nitrogens with zero attached hydrogens (tertiary/aromatic N) is 2. The molecule has 1 aliphatic rings. The van der Waals surface area contributed by atoms with E-state index >= 15 is 0 Å². The predicted octanol–water partition coefficient (Wildman–Crippen LogP) is 5.51. The minimum atomic E-state index is -0.0165. The number of fused-ring (bicyclic) bond motifs is 2. The molecule has 4 nitrogen and oxygen atoms in total. The molecule has 0 aliphatic heterocycles. The standard InChI is InChI=1S/C24H23N3OS/c1-15-12-13-16(2)27(15)21-19-10-6-14-25-24(19)29-22(21)23(28)26-20-11-5-8-17-7-3-4-9-18(17)20/h3-4,6-7,9-10,12-14,20H,5,8,11H2,1-2H3,(H,26,28)/t20-/m0/s1. The van der Waals surface area contributed by atoms with Crippen LogP contribution in [0.3, 0.4) is 0 Å². The van der Waals surface area contributed by atoms with Crippen molar-refractivity contribution in [3.63, 3.8) is 0 Å². The van der Waals surface area contributed by atoms with Gasteiger partial charge in [0.1, 0.15) is 9.71 Å². The molecule has 4 aromatic rings. The van der Waals surface area contributed by atoms with Crippen molar-refractivity contribution in [1.29, 1.82) is 0 Å². The second-order valence-corrected chi connectivity index (χ2v) is 8.70. The van der Waals surface area contributed by atoms with Crippen molar-refractivity contribution in [3.05, 3.63) is 82.1 Å². The van der Waals surface area contributed by atoms with Crippen LogP contribution in [0.25, 0.3) is 15.9 Å². The van der Waals surface area contributed by atoms with Gasteiger partial charge >= 0.3 is 0 Å². The van der Waals surface area contributed by atoms with Crippen molar-refractivity contribution >= 4 is 27.5 Å². The number of pyridine rings is 1. The first-order valence-corrected chi connectivity index (χ1v) is 10.9. The molecule has 0 bridgehead atoms. The first-order valence-electron chi connectivity index (χ1n) is 10.0. The maximum atomic E-state index is 13.5. The van der Waals surface area contributed by atoms with Gasteiger partial charge in [0.2, 0.25) is 0 Å². The topological polar surface area (TPSA) is 46.9 Å². The Labute approximate surface area is 174 Å². The fraction of sp³-hybridized carbons (Fsp3) is 0.250. The monoisotopic (exact) mass is 401 g/mol. The SMILES string of the molecule is Cc1ccc(C)n1-c1c(C(=O)N[C@H]2CCCc3ccccc32)sc2ncccc12. The molecule has 0 spiro atoms. The van der Waals surface area contributed by atoms with Crippen LogP contribution in [0.5, 0.6) is 0 Å². The molecule has 1 N–H and O–H groups in total. The minimum absolute atomic E-state index is 0.0165. The molecule has 3 aromatic heterocycles. The number of nitrogens with one attached hydrogen (secondary N) is 1. The van der Waals surface area contributed by atoms with Gasteiger partial charge in [-0.15, -0.1) is 11.3 Å². The number of aromatic nitrogens is 2. The number of amides is 1. The molecule has 146 valence electrons. The first kappa shape index (κ1) is 18.1. The summed E-state index contributed by atoms with van der Waals surface area (Å²) in [5.41, 5.74) is 5.77. The van der Waals surface area contributed by atoms with E-state index in [-0.39, 0.29) is 11.9 Å². The number of benzene rings is 1. The zero-order valence-electron chi connectivity index (χ0n) is 16.6. The van der Waals surface area contributed by atoms with E-state index in [0.717, 1.165) is 51.4 Å². The van der Waals surface area contributed by atoms with Crippen LogP contribution in [0, 0.1) is 13.8 Å². The third-order valence-electron chi connectivity index (χ3n) is 5.82. The van der Waals surface area contributed by atoms with Crippen molar-refractivity contribution in [2.75, 3.05) is 0 Å². The van der Waals surface area contributed by atoms with Gasteiger partial charge < -0.3 is 9.88 Å². The summed E-state index contributed by atoms with van der Waals surface area (Å²) in [5.74, 6) is -0.0165. The van der Waals surface area contributed by atoms with Crippen LogP contribution in [0.15, 0.2) is 54.7 Å².